The Morgan fingerprint density at radius 1 is 1.08 bits per heavy atom. The van der Waals surface area contributed by atoms with Gasteiger partial charge in [-0.25, -0.2) is 13.2 Å². The third kappa shape index (κ3) is 4.67. The van der Waals surface area contributed by atoms with Gasteiger partial charge in [0.2, 0.25) is 0 Å². The van der Waals surface area contributed by atoms with Crippen LogP contribution in [0.25, 0.3) is 11.1 Å². The summed E-state index contributed by atoms with van der Waals surface area (Å²) in [4.78, 5) is 26.8. The van der Waals surface area contributed by atoms with E-state index in [0.717, 1.165) is 6.26 Å². The molecule has 0 atom stereocenters. The smallest absolute Gasteiger partial charge is 0.336 e. The lowest BCUT2D eigenvalue weighted by Gasteiger charge is -2.13. The second kappa shape index (κ2) is 7.79. The van der Waals surface area contributed by atoms with Crippen molar-refractivity contribution < 1.29 is 28.2 Å². The molecule has 0 aliphatic heterocycles. The first-order chi connectivity index (χ1) is 12.2. The number of carboxylic acid groups (broad SMARTS) is 1. The first kappa shape index (κ1) is 19.1. The highest BCUT2D eigenvalue weighted by atomic mass is 32.2. The van der Waals surface area contributed by atoms with E-state index in [1.807, 2.05) is 0 Å². The van der Waals surface area contributed by atoms with Gasteiger partial charge >= 0.3 is 5.97 Å². The predicted molar refractivity (Wildman–Crippen MR) is 93.4 cm³/mol. The first-order valence-corrected chi connectivity index (χ1v) is 9.19. The minimum absolute atomic E-state index is 0.0485. The lowest BCUT2D eigenvalue weighted by molar-refractivity contribution is -0.754. The molecule has 0 fully saturated rings. The van der Waals surface area contributed by atoms with E-state index >= 15 is 0 Å². The van der Waals surface area contributed by atoms with Gasteiger partial charge in [-0.15, -0.1) is 10.1 Å². The molecule has 0 bridgehead atoms. The maximum atomic E-state index is 11.8. The number of benzene rings is 2. The lowest BCUT2D eigenvalue weighted by atomic mass is 9.95. The van der Waals surface area contributed by atoms with E-state index in [4.69, 9.17) is 0 Å². The number of hydrogen-bond donors (Lipinski definition) is 1. The topological polar surface area (TPSA) is 124 Å². The second-order valence-electron chi connectivity index (χ2n) is 5.32. The summed E-state index contributed by atoms with van der Waals surface area (Å²) >= 11 is 0. The van der Waals surface area contributed by atoms with Crippen molar-refractivity contribution in [3.63, 3.8) is 0 Å². The third-order valence-electron chi connectivity index (χ3n) is 3.52. The summed E-state index contributed by atoms with van der Waals surface area (Å²) in [6, 6.07) is 13.5. The van der Waals surface area contributed by atoms with Crippen molar-refractivity contribution in [3.8, 4) is 0 Å². The van der Waals surface area contributed by atoms with Gasteiger partial charge in [0.25, 0.3) is 5.09 Å². The van der Waals surface area contributed by atoms with E-state index < -0.39 is 27.5 Å². The minimum Gasteiger partial charge on any atom is -0.478 e. The van der Waals surface area contributed by atoms with Gasteiger partial charge in [-0.3, -0.25) is 0 Å². The van der Waals surface area contributed by atoms with Crippen molar-refractivity contribution in [1.29, 1.82) is 0 Å². The molecule has 26 heavy (non-hydrogen) atoms. The fourth-order valence-corrected chi connectivity index (χ4v) is 2.98. The minimum atomic E-state index is -3.43. The van der Waals surface area contributed by atoms with Crippen LogP contribution in [-0.2, 0) is 19.5 Å². The maximum absolute atomic E-state index is 11.8. The number of carbonyl (C=O) groups is 1. The molecule has 1 N–H and O–H groups in total. The average molecular weight is 377 g/mol. The predicted octanol–water partition coefficient (Wildman–Crippen LogP) is 2.29. The van der Waals surface area contributed by atoms with Gasteiger partial charge in [0.15, 0.2) is 9.84 Å². The van der Waals surface area contributed by atoms with Crippen LogP contribution in [0.1, 0.15) is 11.1 Å². The van der Waals surface area contributed by atoms with E-state index in [1.54, 1.807) is 30.3 Å². The van der Waals surface area contributed by atoms with E-state index in [9.17, 15) is 28.4 Å². The largest absolute Gasteiger partial charge is 0.478 e. The standard InChI is InChI=1S/C17H15NO7S/c1-26(23,24)14-9-7-12(8-10-14)15(11-25-18(21)22)16(17(19)20)13-5-3-2-4-6-13/h2-10H,11H2,1H3,(H,19,20)/b16-15+. The summed E-state index contributed by atoms with van der Waals surface area (Å²) in [5.41, 5.74) is 0.537. The Hall–Kier alpha value is -3.20. The Bertz CT molecular complexity index is 948. The van der Waals surface area contributed by atoms with E-state index in [0.29, 0.717) is 11.1 Å². The Morgan fingerprint density at radius 3 is 2.12 bits per heavy atom. The second-order valence-corrected chi connectivity index (χ2v) is 7.33. The molecular weight excluding hydrogens is 362 g/mol. The summed E-state index contributed by atoms with van der Waals surface area (Å²) in [5, 5.41) is 19.2. The molecule has 9 heteroatoms. The molecule has 2 aromatic carbocycles. The Labute approximate surface area is 149 Å². The highest BCUT2D eigenvalue weighted by Gasteiger charge is 2.20. The molecule has 136 valence electrons. The van der Waals surface area contributed by atoms with Gasteiger partial charge in [-0.1, -0.05) is 42.5 Å². The van der Waals surface area contributed by atoms with E-state index in [1.165, 1.54) is 24.3 Å². The number of carboxylic acids is 1. The molecule has 0 heterocycles. The quantitative estimate of drug-likeness (QED) is 0.340. The van der Waals surface area contributed by atoms with Gasteiger partial charge in [0.1, 0.15) is 6.61 Å². The summed E-state index contributed by atoms with van der Waals surface area (Å²) in [6.07, 6.45) is 1.04. The summed E-state index contributed by atoms with van der Waals surface area (Å²) in [7, 11) is -3.43. The molecule has 0 saturated heterocycles. The van der Waals surface area contributed by atoms with Crippen LogP contribution >= 0.6 is 0 Å². The number of nitrogens with zero attached hydrogens (tertiary/aromatic N) is 1. The van der Waals surface area contributed by atoms with Crippen molar-refractivity contribution in [1.82, 2.24) is 0 Å². The van der Waals surface area contributed by atoms with Gasteiger partial charge in [-0.05, 0) is 28.8 Å². The highest BCUT2D eigenvalue weighted by molar-refractivity contribution is 7.90. The Balaban J connectivity index is 2.64. The normalized spacial score (nSPS) is 12.2. The van der Waals surface area contributed by atoms with Crippen molar-refractivity contribution >= 4 is 27.0 Å². The SMILES string of the molecule is CS(=O)(=O)c1ccc(/C(CO[N+](=O)[O-])=C(/C(=O)O)c2ccccc2)cc1. The molecule has 0 saturated carbocycles. The van der Waals surface area contributed by atoms with Crippen LogP contribution in [0.3, 0.4) is 0 Å². The van der Waals surface area contributed by atoms with E-state index in [2.05, 4.69) is 4.84 Å². The lowest BCUT2D eigenvalue weighted by Crippen LogP contribution is -2.10. The van der Waals surface area contributed by atoms with Crippen LogP contribution in [-0.4, -0.2) is 37.4 Å². The summed E-state index contributed by atoms with van der Waals surface area (Å²) < 4.78 is 23.1. The molecule has 2 rings (SSSR count). The molecule has 0 aliphatic carbocycles. The van der Waals surface area contributed by atoms with Crippen molar-refractivity contribution in [2.45, 2.75) is 4.90 Å². The number of rotatable bonds is 7. The molecule has 0 aliphatic rings. The number of hydrogen-bond acceptors (Lipinski definition) is 6. The van der Waals surface area contributed by atoms with Crippen LogP contribution in [0.2, 0.25) is 0 Å². The molecule has 0 spiro atoms. The van der Waals surface area contributed by atoms with Gasteiger partial charge < -0.3 is 9.94 Å². The van der Waals surface area contributed by atoms with E-state index in [-0.39, 0.29) is 16.0 Å². The zero-order valence-electron chi connectivity index (χ0n) is 13.7. The van der Waals surface area contributed by atoms with Gasteiger partial charge in [0.05, 0.1) is 10.5 Å². The molecule has 0 unspecified atom stereocenters. The fourth-order valence-electron chi connectivity index (χ4n) is 2.35. The molecule has 2 aromatic rings. The Kier molecular flexibility index (Phi) is 5.73. The molecule has 8 nitrogen and oxygen atoms in total. The zero-order chi connectivity index (χ0) is 19.3. The summed E-state index contributed by atoms with van der Waals surface area (Å²) in [6.45, 7) is -0.595. The fraction of sp³-hybridized carbons (Fsp3) is 0.118. The summed E-state index contributed by atoms with van der Waals surface area (Å²) in [5.74, 6) is -1.29. The first-order valence-electron chi connectivity index (χ1n) is 7.30. The maximum Gasteiger partial charge on any atom is 0.336 e. The van der Waals surface area contributed by atoms with Crippen LogP contribution in [0, 0.1) is 10.1 Å². The number of sulfone groups is 1. The number of aliphatic carboxylic acids is 1. The average Bonchev–Trinajstić information content (AvgIpc) is 2.58. The molecule has 0 radical (unpaired) electrons. The van der Waals surface area contributed by atoms with Crippen LogP contribution in [0.15, 0.2) is 59.5 Å². The highest BCUT2D eigenvalue weighted by Crippen LogP contribution is 2.28. The van der Waals surface area contributed by atoms with Crippen LogP contribution < -0.4 is 0 Å². The van der Waals surface area contributed by atoms with Gasteiger partial charge in [-0.2, -0.15) is 0 Å². The molecule has 0 amide bonds. The monoisotopic (exact) mass is 377 g/mol. The van der Waals surface area contributed by atoms with Crippen molar-refractivity contribution in [2.75, 3.05) is 12.9 Å². The Morgan fingerprint density at radius 2 is 1.65 bits per heavy atom. The van der Waals surface area contributed by atoms with Crippen LogP contribution in [0.5, 0.6) is 0 Å². The molecular formula is C17H15NO7S. The zero-order valence-corrected chi connectivity index (χ0v) is 14.5. The van der Waals surface area contributed by atoms with Crippen molar-refractivity contribution in [2.24, 2.45) is 0 Å². The van der Waals surface area contributed by atoms with Crippen molar-refractivity contribution in [3.05, 3.63) is 75.8 Å². The molecule has 0 aromatic heterocycles. The van der Waals surface area contributed by atoms with Crippen LogP contribution in [0.4, 0.5) is 0 Å². The van der Waals surface area contributed by atoms with Gasteiger partial charge in [0, 0.05) is 6.26 Å². The third-order valence-corrected chi connectivity index (χ3v) is 4.65.